The Hall–Kier alpha value is -3.00. The van der Waals surface area contributed by atoms with Crippen molar-refractivity contribution in [3.05, 3.63) is 69.1 Å². The molecule has 2 N–H and O–H groups in total. The molecule has 0 fully saturated rings. The van der Waals surface area contributed by atoms with Crippen LogP contribution in [0.15, 0.2) is 36.5 Å². The predicted octanol–water partition coefficient (Wildman–Crippen LogP) is 5.22. The van der Waals surface area contributed by atoms with E-state index in [1.54, 1.807) is 6.07 Å². The number of unbranched alkanes of at least 4 members (excludes halogenated alkanes) is 1. The molecule has 0 saturated heterocycles. The average molecular weight is 470 g/mol. The van der Waals surface area contributed by atoms with Crippen LogP contribution in [0.5, 0.6) is 5.75 Å². The number of nitrogens with zero attached hydrogens (tertiary/aromatic N) is 2. The summed E-state index contributed by atoms with van der Waals surface area (Å²) in [5, 5.41) is 13.5. The minimum absolute atomic E-state index is 0.136. The number of hydrogen-bond acceptors (Lipinski definition) is 6. The van der Waals surface area contributed by atoms with Crippen LogP contribution in [0, 0.1) is 5.82 Å². The number of nitrogens with one attached hydrogen (secondary N) is 1. The van der Waals surface area contributed by atoms with Crippen LogP contribution < -0.4 is 10.1 Å². The van der Waals surface area contributed by atoms with Crippen LogP contribution in [0.1, 0.15) is 58.3 Å². The third-order valence-corrected chi connectivity index (χ3v) is 7.06. The van der Waals surface area contributed by atoms with Gasteiger partial charge in [-0.15, -0.1) is 11.3 Å². The standard InChI is InChI=1S/C25H28FN3O3S/c1-32-22-11-9-17(13-21(22)26)20(14-23(30)31)25-28-15-19(33-25)7-3-2-6-18-10-8-16-5-4-12-27-24(16)29-18/h8-11,13,15,20H,2-7,12,14H2,1H3,(H,27,29)(H,30,31)/t20-/m0/s1. The second kappa shape index (κ2) is 10.7. The first kappa shape index (κ1) is 23.2. The lowest BCUT2D eigenvalue weighted by Crippen LogP contribution is -2.14. The molecule has 3 heterocycles. The lowest BCUT2D eigenvalue weighted by Gasteiger charge is -2.17. The first-order valence-electron chi connectivity index (χ1n) is 11.3. The fraction of sp³-hybridized carbons (Fsp3) is 0.400. The quantitative estimate of drug-likeness (QED) is 0.396. The van der Waals surface area contributed by atoms with E-state index < -0.39 is 17.7 Å². The summed E-state index contributed by atoms with van der Waals surface area (Å²) < 4.78 is 19.2. The van der Waals surface area contributed by atoms with Gasteiger partial charge in [-0.25, -0.2) is 14.4 Å². The smallest absolute Gasteiger partial charge is 0.304 e. The van der Waals surface area contributed by atoms with Crippen molar-refractivity contribution in [3.8, 4) is 5.75 Å². The van der Waals surface area contributed by atoms with Crippen molar-refractivity contribution in [1.29, 1.82) is 0 Å². The molecule has 33 heavy (non-hydrogen) atoms. The molecule has 8 heteroatoms. The Morgan fingerprint density at radius 3 is 2.91 bits per heavy atom. The molecule has 0 saturated carbocycles. The van der Waals surface area contributed by atoms with E-state index in [0.29, 0.717) is 10.6 Å². The second-order valence-electron chi connectivity index (χ2n) is 8.26. The molecule has 0 unspecified atom stereocenters. The molecule has 0 spiro atoms. The average Bonchev–Trinajstić information content (AvgIpc) is 3.28. The van der Waals surface area contributed by atoms with E-state index in [9.17, 15) is 14.3 Å². The molecule has 3 aromatic rings. The number of aliphatic carboxylic acids is 1. The molecule has 1 aliphatic heterocycles. The van der Waals surface area contributed by atoms with Crippen LogP contribution in [-0.2, 0) is 24.1 Å². The number of benzene rings is 1. The molecule has 6 nitrogen and oxygen atoms in total. The number of thiazole rings is 1. The van der Waals surface area contributed by atoms with Crippen LogP contribution in [0.3, 0.4) is 0 Å². The van der Waals surface area contributed by atoms with Crippen molar-refractivity contribution >= 4 is 23.1 Å². The number of carboxylic acids is 1. The van der Waals surface area contributed by atoms with Crippen molar-refractivity contribution in [1.82, 2.24) is 9.97 Å². The normalized spacial score (nSPS) is 13.8. The lowest BCUT2D eigenvalue weighted by molar-refractivity contribution is -0.137. The maximum Gasteiger partial charge on any atom is 0.304 e. The first-order valence-corrected chi connectivity index (χ1v) is 12.1. The van der Waals surface area contributed by atoms with E-state index in [0.717, 1.165) is 61.5 Å². The summed E-state index contributed by atoms with van der Waals surface area (Å²) in [6, 6.07) is 8.88. The monoisotopic (exact) mass is 469 g/mol. The molecule has 1 aromatic carbocycles. The molecule has 4 rings (SSSR count). The molecule has 0 bridgehead atoms. The molecule has 1 atom stereocenters. The zero-order chi connectivity index (χ0) is 23.2. The number of methoxy groups -OCH3 is 1. The largest absolute Gasteiger partial charge is 0.494 e. The number of ether oxygens (including phenoxy) is 1. The van der Waals surface area contributed by atoms with Crippen molar-refractivity contribution in [3.63, 3.8) is 0 Å². The van der Waals surface area contributed by atoms with Gasteiger partial charge in [0, 0.05) is 29.2 Å². The zero-order valence-corrected chi connectivity index (χ0v) is 19.5. The minimum atomic E-state index is -0.944. The van der Waals surface area contributed by atoms with Gasteiger partial charge >= 0.3 is 5.97 Å². The topological polar surface area (TPSA) is 84.3 Å². The van der Waals surface area contributed by atoms with Crippen LogP contribution in [0.4, 0.5) is 10.2 Å². The van der Waals surface area contributed by atoms with Crippen LogP contribution in [0.2, 0.25) is 0 Å². The summed E-state index contributed by atoms with van der Waals surface area (Å²) in [4.78, 5) is 21.8. The number of halogens is 1. The highest BCUT2D eigenvalue weighted by molar-refractivity contribution is 7.11. The highest BCUT2D eigenvalue weighted by Crippen LogP contribution is 2.33. The molecule has 174 valence electrons. The SMILES string of the molecule is COc1ccc([C@H](CC(=O)O)c2ncc(CCCCc3ccc4c(n3)NCCC4)s2)cc1F. The molecule has 0 amide bonds. The number of aryl methyl sites for hydroxylation is 3. The Morgan fingerprint density at radius 2 is 2.12 bits per heavy atom. The summed E-state index contributed by atoms with van der Waals surface area (Å²) in [7, 11) is 1.40. The second-order valence-corrected chi connectivity index (χ2v) is 9.40. The van der Waals surface area contributed by atoms with Gasteiger partial charge in [-0.3, -0.25) is 4.79 Å². The van der Waals surface area contributed by atoms with Gasteiger partial charge in [-0.1, -0.05) is 12.1 Å². The first-order chi connectivity index (χ1) is 16.0. The maximum absolute atomic E-state index is 14.2. The predicted molar refractivity (Wildman–Crippen MR) is 127 cm³/mol. The van der Waals surface area contributed by atoms with Crippen LogP contribution in [0.25, 0.3) is 0 Å². The third-order valence-electron chi connectivity index (χ3n) is 5.88. The molecule has 1 aliphatic rings. The van der Waals surface area contributed by atoms with Gasteiger partial charge in [-0.2, -0.15) is 0 Å². The number of aromatic nitrogens is 2. The fourth-order valence-electron chi connectivity index (χ4n) is 4.13. The summed E-state index contributed by atoms with van der Waals surface area (Å²) in [6.45, 7) is 0.989. The van der Waals surface area contributed by atoms with E-state index in [4.69, 9.17) is 9.72 Å². The highest BCUT2D eigenvalue weighted by atomic mass is 32.1. The number of carbonyl (C=O) groups is 1. The maximum atomic E-state index is 14.2. The number of anilines is 1. The van der Waals surface area contributed by atoms with Gasteiger partial charge in [0.1, 0.15) is 10.8 Å². The Morgan fingerprint density at radius 1 is 1.27 bits per heavy atom. The van der Waals surface area contributed by atoms with Gasteiger partial charge in [0.05, 0.1) is 13.5 Å². The molecule has 0 radical (unpaired) electrons. The van der Waals surface area contributed by atoms with E-state index in [1.807, 2.05) is 6.20 Å². The fourth-order valence-corrected chi connectivity index (χ4v) is 5.22. The summed E-state index contributed by atoms with van der Waals surface area (Å²) in [5.74, 6) is -0.774. The van der Waals surface area contributed by atoms with E-state index in [-0.39, 0.29) is 12.2 Å². The molecule has 0 aliphatic carbocycles. The minimum Gasteiger partial charge on any atom is -0.494 e. The van der Waals surface area contributed by atoms with Crippen LogP contribution >= 0.6 is 11.3 Å². The van der Waals surface area contributed by atoms with Crippen molar-refractivity contribution in [2.75, 3.05) is 19.0 Å². The third kappa shape index (κ3) is 5.87. The highest BCUT2D eigenvalue weighted by Gasteiger charge is 2.22. The lowest BCUT2D eigenvalue weighted by atomic mass is 9.96. The zero-order valence-electron chi connectivity index (χ0n) is 18.6. The Labute approximate surface area is 196 Å². The van der Waals surface area contributed by atoms with Crippen molar-refractivity contribution in [2.24, 2.45) is 0 Å². The van der Waals surface area contributed by atoms with Crippen molar-refractivity contribution in [2.45, 2.75) is 50.9 Å². The van der Waals surface area contributed by atoms with Gasteiger partial charge in [0.2, 0.25) is 0 Å². The molecule has 2 aromatic heterocycles. The van der Waals surface area contributed by atoms with E-state index in [2.05, 4.69) is 22.4 Å². The number of pyridine rings is 1. The van der Waals surface area contributed by atoms with Gasteiger partial charge in [0.15, 0.2) is 11.6 Å². The summed E-state index contributed by atoms with van der Waals surface area (Å²) in [6.07, 6.45) is 7.73. The van der Waals surface area contributed by atoms with Gasteiger partial charge in [0.25, 0.3) is 0 Å². The summed E-state index contributed by atoms with van der Waals surface area (Å²) >= 11 is 1.50. The van der Waals surface area contributed by atoms with Crippen molar-refractivity contribution < 1.29 is 19.0 Å². The number of rotatable bonds is 10. The Bertz CT molecular complexity index is 1120. The number of hydrogen-bond donors (Lipinski definition) is 2. The molecular weight excluding hydrogens is 441 g/mol. The molecular formula is C25H28FN3O3S. The van der Waals surface area contributed by atoms with Gasteiger partial charge in [-0.05, 0) is 67.9 Å². The van der Waals surface area contributed by atoms with Crippen LogP contribution in [-0.4, -0.2) is 34.7 Å². The summed E-state index contributed by atoms with van der Waals surface area (Å²) in [5.41, 5.74) is 3.00. The Balaban J connectivity index is 1.36. The number of fused-ring (bicyclic) bond motifs is 1. The number of carboxylic acid groups (broad SMARTS) is 1. The van der Waals surface area contributed by atoms with Gasteiger partial charge < -0.3 is 15.2 Å². The van der Waals surface area contributed by atoms with E-state index >= 15 is 0 Å². The van der Waals surface area contributed by atoms with E-state index in [1.165, 1.54) is 36.1 Å². The Kier molecular flexibility index (Phi) is 7.54.